The van der Waals surface area contributed by atoms with Crippen LogP contribution in [-0.2, 0) is 6.54 Å². The van der Waals surface area contributed by atoms with E-state index in [1.165, 1.54) is 11.0 Å². The molecule has 0 spiro atoms. The van der Waals surface area contributed by atoms with E-state index in [1.807, 2.05) is 24.3 Å². The number of hydrogen-bond donors (Lipinski definition) is 1. The predicted molar refractivity (Wildman–Crippen MR) is 113 cm³/mol. The van der Waals surface area contributed by atoms with Gasteiger partial charge in [0, 0.05) is 21.5 Å². The molecule has 3 aromatic rings. The number of nitrogens with one attached hydrogen (secondary N) is 1. The van der Waals surface area contributed by atoms with E-state index in [0.29, 0.717) is 29.2 Å². The van der Waals surface area contributed by atoms with E-state index in [4.69, 9.17) is 9.15 Å². The summed E-state index contributed by atoms with van der Waals surface area (Å²) in [7, 11) is 2.05. The van der Waals surface area contributed by atoms with Crippen molar-refractivity contribution in [1.29, 1.82) is 0 Å². The van der Waals surface area contributed by atoms with Crippen LogP contribution in [0.1, 0.15) is 41.4 Å². The second-order valence-electron chi connectivity index (χ2n) is 7.43. The number of ether oxygens (including phenoxy) is 1. The van der Waals surface area contributed by atoms with Gasteiger partial charge < -0.3 is 19.2 Å². The molecule has 0 aliphatic carbocycles. The number of hydrogen-bond acceptors (Lipinski definition) is 4. The first kappa shape index (κ1) is 19.7. The summed E-state index contributed by atoms with van der Waals surface area (Å²) < 4.78 is 12.6. The molecule has 4 rings (SSSR count). The highest BCUT2D eigenvalue weighted by Gasteiger charge is 2.31. The lowest BCUT2D eigenvalue weighted by Gasteiger charge is -2.20. The Morgan fingerprint density at radius 2 is 2.03 bits per heavy atom. The number of unbranched alkanes of at least 4 members (excludes halogenated alkanes) is 1. The minimum Gasteiger partial charge on any atom is -0.872 e. The Bertz CT molecular complexity index is 1120. The molecule has 1 N–H and O–H groups in total. The lowest BCUT2D eigenvalue weighted by atomic mass is 10.0. The number of Topliss-reactive ketones (excluding diaryl/α,β-unsaturated/α-hetero) is 1. The lowest BCUT2D eigenvalue weighted by molar-refractivity contribution is -0.894. The first-order valence-electron chi connectivity index (χ1n) is 9.73. The lowest BCUT2D eigenvalue weighted by Crippen LogP contribution is -3.07. The van der Waals surface area contributed by atoms with Crippen LogP contribution in [0.2, 0.25) is 0 Å². The molecule has 29 heavy (non-hydrogen) atoms. The summed E-state index contributed by atoms with van der Waals surface area (Å²) >= 11 is 3.44. The Labute approximate surface area is 177 Å². The minimum absolute atomic E-state index is 0.0952. The highest BCUT2D eigenvalue weighted by Crippen LogP contribution is 2.38. The molecule has 0 saturated heterocycles. The maximum atomic E-state index is 12.8. The molecule has 1 aliphatic rings. The van der Waals surface area contributed by atoms with Gasteiger partial charge in [0.1, 0.15) is 23.6 Å². The molecule has 1 aromatic heterocycles. The number of fused-ring (bicyclic) bond motifs is 2. The number of ketones is 1. The van der Waals surface area contributed by atoms with Crippen LogP contribution in [0.15, 0.2) is 51.0 Å². The number of halogens is 1. The predicted octanol–water partition coefficient (Wildman–Crippen LogP) is 3.70. The van der Waals surface area contributed by atoms with E-state index in [0.717, 1.165) is 34.8 Å². The van der Waals surface area contributed by atoms with Crippen molar-refractivity contribution in [2.24, 2.45) is 0 Å². The second kappa shape index (κ2) is 8.05. The quantitative estimate of drug-likeness (QED) is 0.575. The van der Waals surface area contributed by atoms with Crippen LogP contribution in [0, 0.1) is 0 Å². The highest BCUT2D eigenvalue weighted by atomic mass is 79.9. The summed E-state index contributed by atoms with van der Waals surface area (Å²) in [6.45, 7) is 3.63. The van der Waals surface area contributed by atoms with E-state index >= 15 is 0 Å². The Kier molecular flexibility index (Phi) is 5.48. The zero-order valence-corrected chi connectivity index (χ0v) is 18.0. The van der Waals surface area contributed by atoms with Gasteiger partial charge in [-0.3, -0.25) is 4.79 Å². The first-order valence-corrected chi connectivity index (χ1v) is 10.5. The van der Waals surface area contributed by atoms with E-state index in [2.05, 4.69) is 29.9 Å². The fourth-order valence-corrected chi connectivity index (χ4v) is 3.94. The number of furan rings is 1. The summed E-state index contributed by atoms with van der Waals surface area (Å²) in [5.74, 6) is 0.778. The van der Waals surface area contributed by atoms with Crippen molar-refractivity contribution in [2.75, 3.05) is 13.6 Å². The Hall–Kier alpha value is -2.57. The van der Waals surface area contributed by atoms with Gasteiger partial charge in [0.15, 0.2) is 5.76 Å². The van der Waals surface area contributed by atoms with E-state index in [1.54, 1.807) is 12.1 Å². The van der Waals surface area contributed by atoms with Crippen LogP contribution in [0.3, 0.4) is 0 Å². The fraction of sp³-hybridized carbons (Fsp3) is 0.261. The molecule has 150 valence electrons. The van der Waals surface area contributed by atoms with Crippen molar-refractivity contribution in [3.05, 3.63) is 63.5 Å². The standard InChI is InChI=1S/C23H22BrNO4/c1-3-4-9-25(2)13-18-19(26)7-6-17-22(27)21(29-23(17)18)12-16-11-14-10-15(24)5-8-20(14)28-16/h5-8,10-12,26H,3-4,9,13H2,1-2H3/b21-12-. The normalized spacial score (nSPS) is 15.7. The molecule has 2 heterocycles. The molecular formula is C23H22BrNO4. The third-order valence-corrected chi connectivity index (χ3v) is 5.60. The van der Waals surface area contributed by atoms with Crippen molar-refractivity contribution >= 4 is 38.8 Å². The number of carbonyl (C=O) groups excluding carboxylic acids is 1. The van der Waals surface area contributed by atoms with E-state index in [-0.39, 0.29) is 17.3 Å². The molecule has 0 saturated carbocycles. The molecule has 5 nitrogen and oxygen atoms in total. The molecule has 1 aliphatic heterocycles. The summed E-state index contributed by atoms with van der Waals surface area (Å²) in [5, 5.41) is 13.4. The van der Waals surface area contributed by atoms with E-state index in [9.17, 15) is 9.90 Å². The minimum atomic E-state index is -0.228. The summed E-state index contributed by atoms with van der Waals surface area (Å²) in [6, 6.07) is 10.6. The number of carbonyl (C=O) groups is 1. The van der Waals surface area contributed by atoms with Gasteiger partial charge >= 0.3 is 0 Å². The van der Waals surface area contributed by atoms with Crippen LogP contribution in [0.25, 0.3) is 17.0 Å². The molecule has 0 radical (unpaired) electrons. The second-order valence-corrected chi connectivity index (χ2v) is 8.34. The van der Waals surface area contributed by atoms with Crippen molar-refractivity contribution in [3.63, 3.8) is 0 Å². The van der Waals surface area contributed by atoms with Gasteiger partial charge in [-0.05, 0) is 36.8 Å². The van der Waals surface area contributed by atoms with Crippen molar-refractivity contribution in [2.45, 2.75) is 26.3 Å². The van der Waals surface area contributed by atoms with Gasteiger partial charge in [-0.15, -0.1) is 0 Å². The SMILES string of the molecule is CCCC[NH+](C)Cc1c([O-])ccc2c1O/C(=C\c1cc3cc(Br)ccc3o1)C2=O. The monoisotopic (exact) mass is 455 g/mol. The van der Waals surface area contributed by atoms with Gasteiger partial charge in [0.25, 0.3) is 0 Å². The van der Waals surface area contributed by atoms with E-state index < -0.39 is 0 Å². The maximum Gasteiger partial charge on any atom is 0.232 e. The topological polar surface area (TPSA) is 66.9 Å². The van der Waals surface area contributed by atoms with Gasteiger partial charge in [-0.1, -0.05) is 41.1 Å². The van der Waals surface area contributed by atoms with Gasteiger partial charge in [0.2, 0.25) is 5.78 Å². The average Bonchev–Trinajstić information content (AvgIpc) is 3.23. The summed E-state index contributed by atoms with van der Waals surface area (Å²) in [4.78, 5) is 14.1. The van der Waals surface area contributed by atoms with Gasteiger partial charge in [-0.25, -0.2) is 0 Å². The Morgan fingerprint density at radius 3 is 2.83 bits per heavy atom. The molecule has 2 aromatic carbocycles. The number of rotatable bonds is 6. The largest absolute Gasteiger partial charge is 0.872 e. The average molecular weight is 456 g/mol. The molecule has 0 fully saturated rings. The molecular weight excluding hydrogens is 434 g/mol. The molecule has 0 bridgehead atoms. The third-order valence-electron chi connectivity index (χ3n) is 5.10. The summed E-state index contributed by atoms with van der Waals surface area (Å²) in [6.07, 6.45) is 3.78. The third kappa shape index (κ3) is 3.95. The molecule has 1 atom stereocenters. The van der Waals surface area contributed by atoms with Crippen molar-refractivity contribution < 1.29 is 24.0 Å². The highest BCUT2D eigenvalue weighted by molar-refractivity contribution is 9.10. The molecule has 1 unspecified atom stereocenters. The zero-order chi connectivity index (χ0) is 20.5. The number of quaternary nitrogens is 1. The smallest absolute Gasteiger partial charge is 0.232 e. The van der Waals surface area contributed by atoms with Gasteiger partial charge in [0.05, 0.1) is 19.2 Å². The number of benzene rings is 2. The Morgan fingerprint density at radius 1 is 1.21 bits per heavy atom. The zero-order valence-electron chi connectivity index (χ0n) is 16.4. The molecule has 0 amide bonds. The van der Waals surface area contributed by atoms with Crippen molar-refractivity contribution in [1.82, 2.24) is 0 Å². The fourth-order valence-electron chi connectivity index (χ4n) is 3.56. The maximum absolute atomic E-state index is 12.8. The van der Waals surface area contributed by atoms with Crippen LogP contribution in [0.5, 0.6) is 11.5 Å². The van der Waals surface area contributed by atoms with Crippen molar-refractivity contribution in [3.8, 4) is 11.5 Å². The first-order chi connectivity index (χ1) is 14.0. The Balaban J connectivity index is 1.65. The van der Waals surface area contributed by atoms with Crippen LogP contribution >= 0.6 is 15.9 Å². The summed E-state index contributed by atoms with van der Waals surface area (Å²) in [5.41, 5.74) is 1.72. The van der Waals surface area contributed by atoms with Gasteiger partial charge in [-0.2, -0.15) is 0 Å². The number of allylic oxidation sites excluding steroid dienone is 1. The van der Waals surface area contributed by atoms with Crippen LogP contribution in [-0.4, -0.2) is 19.4 Å². The van der Waals surface area contributed by atoms with Crippen LogP contribution in [0.4, 0.5) is 0 Å². The van der Waals surface area contributed by atoms with Crippen LogP contribution < -0.4 is 14.7 Å². The molecule has 6 heteroatoms.